The van der Waals surface area contributed by atoms with Gasteiger partial charge in [-0.3, -0.25) is 4.98 Å². The molecule has 0 unspecified atom stereocenters. The maximum atomic E-state index is 10.3. The molecule has 0 aromatic carbocycles. The number of rotatable bonds is 2. The molecule has 0 bridgehead atoms. The third-order valence-electron chi connectivity index (χ3n) is 3.05. The van der Waals surface area contributed by atoms with E-state index < -0.39 is 5.60 Å². The molecule has 3 rings (SSSR count). The lowest BCUT2D eigenvalue weighted by molar-refractivity contribution is 0.0112. The van der Waals surface area contributed by atoms with Crippen molar-refractivity contribution >= 4 is 0 Å². The Morgan fingerprint density at radius 3 is 2.76 bits per heavy atom. The molecule has 0 amide bonds. The molecule has 1 aliphatic rings. The van der Waals surface area contributed by atoms with Gasteiger partial charge in [0.2, 0.25) is 5.82 Å². The minimum atomic E-state index is -0.951. The lowest BCUT2D eigenvalue weighted by atomic mass is 10.0. The Morgan fingerprint density at radius 2 is 2.06 bits per heavy atom. The second kappa shape index (κ2) is 3.89. The third-order valence-corrected chi connectivity index (χ3v) is 3.05. The average Bonchev–Trinajstić information content (AvgIpc) is 2.99. The fourth-order valence-electron chi connectivity index (χ4n) is 2.10. The fraction of sp³-hybridized carbons (Fsp3) is 0.455. The molecule has 6 nitrogen and oxygen atoms in total. The van der Waals surface area contributed by atoms with Crippen LogP contribution < -0.4 is 0 Å². The molecular weight excluding hydrogens is 220 g/mol. The lowest BCUT2D eigenvalue weighted by Gasteiger charge is -2.15. The van der Waals surface area contributed by atoms with Crippen LogP contribution in [0.1, 0.15) is 31.6 Å². The van der Waals surface area contributed by atoms with Crippen LogP contribution in [-0.2, 0) is 5.60 Å². The summed E-state index contributed by atoms with van der Waals surface area (Å²) in [5.41, 5.74) is -0.405. The molecule has 0 atom stereocenters. The molecule has 0 aliphatic heterocycles. The van der Waals surface area contributed by atoms with Gasteiger partial charge in [0.15, 0.2) is 0 Å². The van der Waals surface area contributed by atoms with Gasteiger partial charge in [-0.05, 0) is 25.7 Å². The van der Waals surface area contributed by atoms with E-state index in [0.29, 0.717) is 24.4 Å². The van der Waals surface area contributed by atoms with Crippen molar-refractivity contribution < 1.29 is 9.63 Å². The minimum absolute atomic E-state index is 0.288. The molecule has 17 heavy (non-hydrogen) atoms. The van der Waals surface area contributed by atoms with Crippen molar-refractivity contribution in [3.8, 4) is 11.5 Å². The Hall–Kier alpha value is -1.82. The van der Waals surface area contributed by atoms with Crippen molar-refractivity contribution in [3.05, 3.63) is 24.5 Å². The van der Waals surface area contributed by atoms with Crippen LogP contribution in [0.3, 0.4) is 0 Å². The molecule has 0 saturated heterocycles. The fourth-order valence-corrected chi connectivity index (χ4v) is 2.10. The predicted molar refractivity (Wildman–Crippen MR) is 57.7 cm³/mol. The van der Waals surface area contributed by atoms with Crippen LogP contribution in [-0.4, -0.2) is 25.2 Å². The first-order valence-electron chi connectivity index (χ1n) is 5.61. The van der Waals surface area contributed by atoms with Crippen LogP contribution in [0.2, 0.25) is 0 Å². The van der Waals surface area contributed by atoms with E-state index in [1.54, 1.807) is 18.6 Å². The summed E-state index contributed by atoms with van der Waals surface area (Å²) in [6.45, 7) is 0. The first kappa shape index (κ1) is 10.3. The SMILES string of the molecule is OC1(c2nc(-c3cnccn3)no2)CCCC1. The van der Waals surface area contributed by atoms with Crippen molar-refractivity contribution in [2.24, 2.45) is 0 Å². The Balaban J connectivity index is 1.93. The van der Waals surface area contributed by atoms with Crippen molar-refractivity contribution in [3.63, 3.8) is 0 Å². The van der Waals surface area contributed by atoms with E-state index in [1.165, 1.54) is 0 Å². The smallest absolute Gasteiger partial charge is 0.258 e. The van der Waals surface area contributed by atoms with Crippen molar-refractivity contribution in [2.45, 2.75) is 31.3 Å². The third kappa shape index (κ3) is 1.80. The first-order valence-corrected chi connectivity index (χ1v) is 5.61. The zero-order valence-corrected chi connectivity index (χ0v) is 9.20. The zero-order valence-electron chi connectivity index (χ0n) is 9.20. The van der Waals surface area contributed by atoms with Gasteiger partial charge in [-0.2, -0.15) is 4.98 Å². The highest BCUT2D eigenvalue weighted by molar-refractivity contribution is 5.45. The topological polar surface area (TPSA) is 84.9 Å². The first-order chi connectivity index (χ1) is 8.28. The molecule has 1 fully saturated rings. The summed E-state index contributed by atoms with van der Waals surface area (Å²) in [5, 5.41) is 14.1. The van der Waals surface area contributed by atoms with E-state index in [0.717, 1.165) is 12.8 Å². The summed E-state index contributed by atoms with van der Waals surface area (Å²) < 4.78 is 5.13. The van der Waals surface area contributed by atoms with E-state index in [1.807, 2.05) is 0 Å². The number of hydrogen-bond donors (Lipinski definition) is 1. The lowest BCUT2D eigenvalue weighted by Crippen LogP contribution is -2.21. The Bertz CT molecular complexity index is 505. The normalized spacial score (nSPS) is 18.4. The zero-order chi connectivity index (χ0) is 11.7. The molecule has 2 aromatic rings. The van der Waals surface area contributed by atoms with Crippen LogP contribution in [0.4, 0.5) is 0 Å². The van der Waals surface area contributed by atoms with E-state index >= 15 is 0 Å². The van der Waals surface area contributed by atoms with Crippen molar-refractivity contribution in [1.29, 1.82) is 0 Å². The van der Waals surface area contributed by atoms with Gasteiger partial charge in [0.05, 0.1) is 6.20 Å². The van der Waals surface area contributed by atoms with Crippen LogP contribution in [0.15, 0.2) is 23.1 Å². The van der Waals surface area contributed by atoms with Gasteiger partial charge in [0.25, 0.3) is 5.89 Å². The summed E-state index contributed by atoms with van der Waals surface area (Å²) in [5.74, 6) is 0.657. The molecular formula is C11H12N4O2. The Labute approximate surface area is 97.7 Å². The summed E-state index contributed by atoms with van der Waals surface area (Å²) >= 11 is 0. The molecule has 0 spiro atoms. The number of aromatic nitrogens is 4. The van der Waals surface area contributed by atoms with Gasteiger partial charge in [-0.1, -0.05) is 5.16 Å². The van der Waals surface area contributed by atoms with E-state index in [2.05, 4.69) is 20.1 Å². The number of hydrogen-bond acceptors (Lipinski definition) is 6. The quantitative estimate of drug-likeness (QED) is 0.839. The molecule has 2 aromatic heterocycles. The summed E-state index contributed by atoms with van der Waals surface area (Å²) in [6, 6.07) is 0. The number of nitrogens with zero attached hydrogens (tertiary/aromatic N) is 4. The Morgan fingerprint density at radius 1 is 1.24 bits per heavy atom. The van der Waals surface area contributed by atoms with E-state index in [9.17, 15) is 5.11 Å². The van der Waals surface area contributed by atoms with Gasteiger partial charge < -0.3 is 9.63 Å². The second-order valence-electron chi connectivity index (χ2n) is 4.25. The van der Waals surface area contributed by atoms with Gasteiger partial charge >= 0.3 is 0 Å². The molecule has 88 valence electrons. The monoisotopic (exact) mass is 232 g/mol. The highest BCUT2D eigenvalue weighted by Crippen LogP contribution is 2.37. The summed E-state index contributed by atoms with van der Waals surface area (Å²) in [7, 11) is 0. The van der Waals surface area contributed by atoms with Crippen LogP contribution in [0.25, 0.3) is 11.5 Å². The van der Waals surface area contributed by atoms with Gasteiger partial charge in [0, 0.05) is 12.4 Å². The van der Waals surface area contributed by atoms with Gasteiger partial charge in [-0.25, -0.2) is 4.98 Å². The average molecular weight is 232 g/mol. The molecule has 6 heteroatoms. The maximum absolute atomic E-state index is 10.3. The largest absolute Gasteiger partial charge is 0.380 e. The molecule has 1 saturated carbocycles. The van der Waals surface area contributed by atoms with Crippen LogP contribution in [0, 0.1) is 0 Å². The standard InChI is InChI=1S/C11H12N4O2/c16-11(3-1-2-4-11)10-14-9(15-17-10)8-7-12-5-6-13-8/h5-7,16H,1-4H2. The number of aliphatic hydroxyl groups is 1. The van der Waals surface area contributed by atoms with Crippen LogP contribution >= 0.6 is 0 Å². The molecule has 2 heterocycles. The van der Waals surface area contributed by atoms with E-state index in [-0.39, 0.29) is 5.89 Å². The van der Waals surface area contributed by atoms with Gasteiger partial charge in [0.1, 0.15) is 11.3 Å². The highest BCUT2D eigenvalue weighted by Gasteiger charge is 2.38. The van der Waals surface area contributed by atoms with Crippen LogP contribution in [0.5, 0.6) is 0 Å². The van der Waals surface area contributed by atoms with Crippen molar-refractivity contribution in [2.75, 3.05) is 0 Å². The van der Waals surface area contributed by atoms with E-state index in [4.69, 9.17) is 4.52 Å². The van der Waals surface area contributed by atoms with Gasteiger partial charge in [-0.15, -0.1) is 0 Å². The summed E-state index contributed by atoms with van der Waals surface area (Å²) in [6.07, 6.45) is 8.03. The molecule has 1 aliphatic carbocycles. The minimum Gasteiger partial charge on any atom is -0.380 e. The van der Waals surface area contributed by atoms with Crippen molar-refractivity contribution in [1.82, 2.24) is 20.1 Å². The molecule has 0 radical (unpaired) electrons. The molecule has 1 N–H and O–H groups in total. The highest BCUT2D eigenvalue weighted by atomic mass is 16.5. The second-order valence-corrected chi connectivity index (χ2v) is 4.25. The Kier molecular flexibility index (Phi) is 2.36. The maximum Gasteiger partial charge on any atom is 0.258 e. The summed E-state index contributed by atoms with van der Waals surface area (Å²) in [4.78, 5) is 12.2. The predicted octanol–water partition coefficient (Wildman–Crippen LogP) is 1.29.